The first-order valence-electron chi connectivity index (χ1n) is 10.9. The molecule has 1 N–H and O–H groups in total. The molecule has 2 heterocycles. The number of carbonyl (C=O) groups excluding carboxylic acids is 1. The molecule has 0 saturated carbocycles. The zero-order valence-electron chi connectivity index (χ0n) is 18.9. The fourth-order valence-electron chi connectivity index (χ4n) is 3.85. The third-order valence-electron chi connectivity index (χ3n) is 5.51. The number of fused-ring (bicyclic) bond motifs is 3. The van der Waals surface area contributed by atoms with Gasteiger partial charge in [-0.05, 0) is 42.8 Å². The topological polar surface area (TPSA) is 90.6 Å². The number of hydrogen-bond donors (Lipinski definition) is 1. The van der Waals surface area contributed by atoms with Crippen molar-refractivity contribution in [3.8, 4) is 11.5 Å². The predicted octanol–water partition coefficient (Wildman–Crippen LogP) is 4.53. The molecule has 0 unspecified atom stereocenters. The second-order valence-electron chi connectivity index (χ2n) is 7.66. The lowest BCUT2D eigenvalue weighted by molar-refractivity contribution is 0.103. The number of benzene rings is 3. The van der Waals surface area contributed by atoms with Gasteiger partial charge in [-0.1, -0.05) is 36.4 Å². The molecule has 2 aromatic heterocycles. The summed E-state index contributed by atoms with van der Waals surface area (Å²) in [5.74, 6) is 1.93. The van der Waals surface area contributed by atoms with Crippen molar-refractivity contribution in [2.24, 2.45) is 0 Å². The number of hydrogen-bond acceptors (Lipinski definition) is 7. The molecule has 0 aliphatic carbocycles. The van der Waals surface area contributed by atoms with Crippen LogP contribution in [0.5, 0.6) is 11.5 Å². The first-order chi connectivity index (χ1) is 16.7. The van der Waals surface area contributed by atoms with Gasteiger partial charge < -0.3 is 14.8 Å². The standard InChI is InChI=1S/C26H23N5O3/c1-3-34-22-12-9-17(13-23(22)33-2)15-27-25-26-30-28-16-31(26)21-14-19(10-11-20(21)29-25)24(32)18-7-5-4-6-8-18/h4-14,16H,3,15H2,1-2H3,(H,27,29). The van der Waals surface area contributed by atoms with Crippen LogP contribution in [0.15, 0.2) is 73.1 Å². The van der Waals surface area contributed by atoms with E-state index in [0.717, 1.165) is 16.6 Å². The van der Waals surface area contributed by atoms with Gasteiger partial charge in [-0.25, -0.2) is 4.98 Å². The molecule has 0 spiro atoms. The predicted molar refractivity (Wildman–Crippen MR) is 130 cm³/mol. The average Bonchev–Trinajstić information content (AvgIpc) is 3.38. The maximum Gasteiger partial charge on any atom is 0.203 e. The van der Waals surface area contributed by atoms with E-state index in [0.29, 0.717) is 47.2 Å². The van der Waals surface area contributed by atoms with Crippen molar-refractivity contribution in [1.82, 2.24) is 19.6 Å². The summed E-state index contributed by atoms with van der Waals surface area (Å²) in [6.45, 7) is 3.01. The third kappa shape index (κ3) is 4.01. The number of aromatic nitrogens is 4. The number of nitrogens with zero attached hydrogens (tertiary/aromatic N) is 4. The second-order valence-corrected chi connectivity index (χ2v) is 7.66. The number of anilines is 1. The molecule has 0 radical (unpaired) electrons. The van der Waals surface area contributed by atoms with Crippen LogP contribution in [-0.4, -0.2) is 39.1 Å². The molecule has 8 heteroatoms. The van der Waals surface area contributed by atoms with Gasteiger partial charge in [0.25, 0.3) is 0 Å². The van der Waals surface area contributed by atoms with E-state index in [2.05, 4.69) is 15.5 Å². The Morgan fingerprint density at radius 2 is 1.85 bits per heavy atom. The summed E-state index contributed by atoms with van der Waals surface area (Å²) in [4.78, 5) is 17.7. The normalized spacial score (nSPS) is 11.0. The molecule has 0 fully saturated rings. The van der Waals surface area contributed by atoms with Crippen molar-refractivity contribution in [2.45, 2.75) is 13.5 Å². The Balaban J connectivity index is 1.46. The summed E-state index contributed by atoms with van der Waals surface area (Å²) in [5.41, 5.74) is 4.29. The fourth-order valence-corrected chi connectivity index (χ4v) is 3.85. The third-order valence-corrected chi connectivity index (χ3v) is 5.51. The molecule has 5 aromatic rings. The number of nitrogens with one attached hydrogen (secondary N) is 1. The maximum absolute atomic E-state index is 12.9. The lowest BCUT2D eigenvalue weighted by Gasteiger charge is -2.13. The number of ketones is 1. The van der Waals surface area contributed by atoms with E-state index in [1.807, 2.05) is 72.0 Å². The highest BCUT2D eigenvalue weighted by Gasteiger charge is 2.15. The van der Waals surface area contributed by atoms with Gasteiger partial charge in [0.1, 0.15) is 6.33 Å². The Morgan fingerprint density at radius 3 is 2.65 bits per heavy atom. The molecule has 0 atom stereocenters. The molecular weight excluding hydrogens is 430 g/mol. The van der Waals surface area contributed by atoms with Crippen molar-refractivity contribution < 1.29 is 14.3 Å². The molecule has 34 heavy (non-hydrogen) atoms. The molecule has 0 amide bonds. The fraction of sp³-hybridized carbons (Fsp3) is 0.154. The molecule has 0 saturated heterocycles. The van der Waals surface area contributed by atoms with E-state index in [1.54, 1.807) is 19.5 Å². The van der Waals surface area contributed by atoms with Gasteiger partial charge in [-0.2, -0.15) is 0 Å². The van der Waals surface area contributed by atoms with Gasteiger partial charge in [-0.3, -0.25) is 9.20 Å². The van der Waals surface area contributed by atoms with Gasteiger partial charge >= 0.3 is 0 Å². The van der Waals surface area contributed by atoms with Crippen LogP contribution in [0.2, 0.25) is 0 Å². The summed E-state index contributed by atoms with van der Waals surface area (Å²) in [6.07, 6.45) is 1.63. The average molecular weight is 454 g/mol. The van der Waals surface area contributed by atoms with Gasteiger partial charge in [0, 0.05) is 17.7 Å². The van der Waals surface area contributed by atoms with E-state index in [-0.39, 0.29) is 5.78 Å². The van der Waals surface area contributed by atoms with E-state index >= 15 is 0 Å². The molecule has 5 rings (SSSR count). The number of ether oxygens (including phenoxy) is 2. The minimum absolute atomic E-state index is 0.0460. The van der Waals surface area contributed by atoms with Gasteiger partial charge in [0.2, 0.25) is 5.65 Å². The SMILES string of the molecule is CCOc1ccc(CNc2nc3ccc(C(=O)c4ccccc4)cc3n3cnnc23)cc1OC. The van der Waals surface area contributed by atoms with Crippen molar-refractivity contribution in [3.05, 3.63) is 89.7 Å². The summed E-state index contributed by atoms with van der Waals surface area (Å²) in [7, 11) is 1.62. The van der Waals surface area contributed by atoms with E-state index in [9.17, 15) is 4.79 Å². The number of methoxy groups -OCH3 is 1. The van der Waals surface area contributed by atoms with Crippen LogP contribution in [0.1, 0.15) is 28.4 Å². The van der Waals surface area contributed by atoms with E-state index in [4.69, 9.17) is 14.5 Å². The largest absolute Gasteiger partial charge is 0.493 e. The van der Waals surface area contributed by atoms with Gasteiger partial charge in [-0.15, -0.1) is 10.2 Å². The van der Waals surface area contributed by atoms with Crippen molar-refractivity contribution in [3.63, 3.8) is 0 Å². The van der Waals surface area contributed by atoms with Crippen LogP contribution in [0.4, 0.5) is 5.82 Å². The quantitative estimate of drug-likeness (QED) is 0.345. The number of carbonyl (C=O) groups is 1. The minimum atomic E-state index is -0.0460. The summed E-state index contributed by atoms with van der Waals surface area (Å²) in [6, 6.07) is 20.5. The van der Waals surface area contributed by atoms with Crippen LogP contribution in [0.25, 0.3) is 16.7 Å². The summed E-state index contributed by atoms with van der Waals surface area (Å²) < 4.78 is 12.9. The molecular formula is C26H23N5O3. The maximum atomic E-state index is 12.9. The second kappa shape index (κ2) is 9.19. The Kier molecular flexibility index (Phi) is 5.78. The molecule has 170 valence electrons. The molecule has 0 aliphatic heterocycles. The monoisotopic (exact) mass is 453 g/mol. The minimum Gasteiger partial charge on any atom is -0.493 e. The van der Waals surface area contributed by atoms with Crippen LogP contribution in [-0.2, 0) is 6.54 Å². The van der Waals surface area contributed by atoms with E-state index < -0.39 is 0 Å². The molecule has 3 aromatic carbocycles. The smallest absolute Gasteiger partial charge is 0.203 e. The number of rotatable bonds is 8. The lowest BCUT2D eigenvalue weighted by atomic mass is 10.0. The Labute approximate surface area is 196 Å². The summed E-state index contributed by atoms with van der Waals surface area (Å²) in [5, 5.41) is 11.7. The highest BCUT2D eigenvalue weighted by atomic mass is 16.5. The highest BCUT2D eigenvalue weighted by Crippen LogP contribution is 2.29. The van der Waals surface area contributed by atoms with Crippen molar-refractivity contribution in [2.75, 3.05) is 19.0 Å². The Hall–Kier alpha value is -4.46. The zero-order valence-corrected chi connectivity index (χ0v) is 18.9. The molecule has 0 aliphatic rings. The van der Waals surface area contributed by atoms with Crippen molar-refractivity contribution >= 4 is 28.3 Å². The van der Waals surface area contributed by atoms with Crippen LogP contribution in [0, 0.1) is 0 Å². The van der Waals surface area contributed by atoms with Gasteiger partial charge in [0.15, 0.2) is 23.1 Å². The first kappa shape index (κ1) is 21.4. The first-order valence-corrected chi connectivity index (χ1v) is 10.9. The lowest BCUT2D eigenvalue weighted by Crippen LogP contribution is -2.06. The summed E-state index contributed by atoms with van der Waals surface area (Å²) >= 11 is 0. The van der Waals surface area contributed by atoms with Crippen LogP contribution in [0.3, 0.4) is 0 Å². The molecule has 8 nitrogen and oxygen atoms in total. The van der Waals surface area contributed by atoms with Gasteiger partial charge in [0.05, 0.1) is 24.8 Å². The highest BCUT2D eigenvalue weighted by molar-refractivity contribution is 6.10. The van der Waals surface area contributed by atoms with Crippen LogP contribution >= 0.6 is 0 Å². The van der Waals surface area contributed by atoms with Crippen molar-refractivity contribution in [1.29, 1.82) is 0 Å². The Bertz CT molecular complexity index is 1480. The zero-order chi connectivity index (χ0) is 23.5. The van der Waals surface area contributed by atoms with E-state index in [1.165, 1.54) is 0 Å². The Morgan fingerprint density at radius 1 is 1.00 bits per heavy atom. The van der Waals surface area contributed by atoms with Crippen LogP contribution < -0.4 is 14.8 Å². The molecule has 0 bridgehead atoms.